The van der Waals surface area contributed by atoms with Gasteiger partial charge in [0.25, 0.3) is 5.56 Å². The highest BCUT2D eigenvalue weighted by molar-refractivity contribution is 8.00. The second kappa shape index (κ2) is 8.15. The predicted octanol–water partition coefficient (Wildman–Crippen LogP) is 3.91. The molecule has 3 aromatic rings. The smallest absolute Gasteiger partial charge is 0.268 e. The lowest BCUT2D eigenvalue weighted by Gasteiger charge is -2.13. The number of Topliss-reactive ketones (excluding diaryl/α,β-unsaturated/α-hetero) is 1. The van der Waals surface area contributed by atoms with Gasteiger partial charge in [0.1, 0.15) is 0 Å². The van der Waals surface area contributed by atoms with Crippen LogP contribution in [-0.2, 0) is 13.0 Å². The minimum Gasteiger partial charge on any atom is -0.293 e. The molecular weight excluding hydrogens is 376 g/mol. The highest BCUT2D eigenvalue weighted by atomic mass is 32.2. The van der Waals surface area contributed by atoms with E-state index in [-0.39, 0.29) is 17.1 Å². The molecule has 0 amide bonds. The fourth-order valence-electron chi connectivity index (χ4n) is 2.98. The molecule has 1 aliphatic rings. The molecule has 0 bridgehead atoms. The van der Waals surface area contributed by atoms with E-state index in [1.807, 2.05) is 60.7 Å². The summed E-state index contributed by atoms with van der Waals surface area (Å²) in [6.45, 7) is 0.461. The topological polar surface area (TPSA) is 52.0 Å². The molecule has 2 aromatic carbocycles. The van der Waals surface area contributed by atoms with Gasteiger partial charge in [-0.15, -0.1) is 11.8 Å². The van der Waals surface area contributed by atoms with E-state index >= 15 is 0 Å². The van der Waals surface area contributed by atoms with Crippen molar-refractivity contribution >= 4 is 29.3 Å². The van der Waals surface area contributed by atoms with E-state index in [9.17, 15) is 9.59 Å². The number of thioether (sulfide) groups is 2. The fraction of sp³-hybridized carbons (Fsp3) is 0.190. The Balaban J connectivity index is 1.63. The number of fused-ring (bicyclic) bond motifs is 1. The van der Waals surface area contributed by atoms with Crippen molar-refractivity contribution in [3.63, 3.8) is 0 Å². The Labute approximate surface area is 166 Å². The van der Waals surface area contributed by atoms with Crippen molar-refractivity contribution in [2.75, 3.05) is 11.5 Å². The van der Waals surface area contributed by atoms with Crippen LogP contribution in [0.5, 0.6) is 0 Å². The molecule has 27 heavy (non-hydrogen) atoms. The van der Waals surface area contributed by atoms with E-state index in [0.717, 1.165) is 28.3 Å². The van der Waals surface area contributed by atoms with Crippen LogP contribution in [0.4, 0.5) is 0 Å². The number of carbonyl (C=O) groups is 1. The molecule has 136 valence electrons. The Morgan fingerprint density at radius 3 is 2.52 bits per heavy atom. The van der Waals surface area contributed by atoms with Crippen molar-refractivity contribution in [3.05, 3.63) is 87.8 Å². The number of ketones is 1. The zero-order valence-corrected chi connectivity index (χ0v) is 16.3. The molecule has 4 rings (SSSR count). The van der Waals surface area contributed by atoms with E-state index in [1.54, 1.807) is 16.3 Å². The molecule has 2 heterocycles. The summed E-state index contributed by atoms with van der Waals surface area (Å²) in [5, 5.41) is 0.620. The number of hydrogen-bond donors (Lipinski definition) is 0. The van der Waals surface area contributed by atoms with E-state index in [4.69, 9.17) is 4.98 Å². The van der Waals surface area contributed by atoms with Crippen molar-refractivity contribution in [1.82, 2.24) is 9.55 Å². The van der Waals surface area contributed by atoms with Gasteiger partial charge in [-0.3, -0.25) is 14.2 Å². The average Bonchev–Trinajstić information content (AvgIpc) is 3.19. The highest BCUT2D eigenvalue weighted by Crippen LogP contribution is 2.29. The van der Waals surface area contributed by atoms with Crippen LogP contribution in [0.2, 0.25) is 0 Å². The van der Waals surface area contributed by atoms with Gasteiger partial charge in [0.15, 0.2) is 10.9 Å². The summed E-state index contributed by atoms with van der Waals surface area (Å²) in [5.74, 6) is 1.19. The number of aryl methyl sites for hydroxylation is 1. The maximum absolute atomic E-state index is 13.0. The molecular formula is C21H18N2O2S2. The van der Waals surface area contributed by atoms with Gasteiger partial charge in [-0.05, 0) is 5.56 Å². The lowest BCUT2D eigenvalue weighted by Crippen LogP contribution is -2.26. The van der Waals surface area contributed by atoms with Crippen molar-refractivity contribution in [2.24, 2.45) is 0 Å². The van der Waals surface area contributed by atoms with E-state index < -0.39 is 0 Å². The first-order chi connectivity index (χ1) is 13.2. The van der Waals surface area contributed by atoms with Gasteiger partial charge >= 0.3 is 0 Å². The van der Waals surface area contributed by atoms with Crippen molar-refractivity contribution in [1.29, 1.82) is 0 Å². The molecule has 0 fully saturated rings. The van der Waals surface area contributed by atoms with Crippen LogP contribution in [-0.4, -0.2) is 26.8 Å². The third kappa shape index (κ3) is 4.01. The number of rotatable bonds is 6. The molecule has 0 atom stereocenters. The Bertz CT molecular complexity index is 1020. The SMILES string of the molecule is O=C(CSc1nc2c(c(=O)n1Cc1ccccc1)SCC2)c1ccccc1. The van der Waals surface area contributed by atoms with Gasteiger partial charge in [0.2, 0.25) is 0 Å². The minimum atomic E-state index is 0.000938. The second-order valence-electron chi connectivity index (χ2n) is 6.22. The summed E-state index contributed by atoms with van der Waals surface area (Å²) < 4.78 is 1.70. The van der Waals surface area contributed by atoms with Gasteiger partial charge in [0, 0.05) is 17.7 Å². The predicted molar refractivity (Wildman–Crippen MR) is 110 cm³/mol. The van der Waals surface area contributed by atoms with Crippen molar-refractivity contribution in [2.45, 2.75) is 23.0 Å². The average molecular weight is 395 g/mol. The number of benzene rings is 2. The normalized spacial score (nSPS) is 12.7. The van der Waals surface area contributed by atoms with Gasteiger partial charge < -0.3 is 0 Å². The van der Waals surface area contributed by atoms with Crippen LogP contribution < -0.4 is 5.56 Å². The maximum atomic E-state index is 13.0. The fourth-order valence-corrected chi connectivity index (χ4v) is 4.93. The van der Waals surface area contributed by atoms with Crippen LogP contribution in [0, 0.1) is 0 Å². The lowest BCUT2D eigenvalue weighted by molar-refractivity contribution is 0.102. The maximum Gasteiger partial charge on any atom is 0.268 e. The number of nitrogens with zero attached hydrogens (tertiary/aromatic N) is 2. The monoisotopic (exact) mass is 394 g/mol. The molecule has 4 nitrogen and oxygen atoms in total. The first kappa shape index (κ1) is 18.1. The van der Waals surface area contributed by atoms with Gasteiger partial charge in [-0.2, -0.15) is 0 Å². The second-order valence-corrected chi connectivity index (χ2v) is 8.27. The van der Waals surface area contributed by atoms with Crippen LogP contribution in [0.3, 0.4) is 0 Å². The third-order valence-corrected chi connectivity index (χ3v) is 6.44. The summed E-state index contributed by atoms with van der Waals surface area (Å²) in [7, 11) is 0. The molecule has 1 aliphatic heterocycles. The largest absolute Gasteiger partial charge is 0.293 e. The molecule has 0 radical (unpaired) electrons. The summed E-state index contributed by atoms with van der Waals surface area (Å²) in [5.41, 5.74) is 2.59. The Morgan fingerprint density at radius 1 is 1.07 bits per heavy atom. The third-order valence-electron chi connectivity index (χ3n) is 4.36. The van der Waals surface area contributed by atoms with E-state index in [2.05, 4.69) is 0 Å². The molecule has 1 aromatic heterocycles. The summed E-state index contributed by atoms with van der Waals surface area (Å²) in [6.07, 6.45) is 0.807. The van der Waals surface area contributed by atoms with Gasteiger partial charge in [0.05, 0.1) is 22.9 Å². The first-order valence-corrected chi connectivity index (χ1v) is 10.7. The molecule has 0 saturated carbocycles. The molecule has 6 heteroatoms. The van der Waals surface area contributed by atoms with E-state index in [1.165, 1.54) is 11.8 Å². The zero-order chi connectivity index (χ0) is 18.6. The van der Waals surface area contributed by atoms with Crippen LogP contribution in [0.25, 0.3) is 0 Å². The Kier molecular flexibility index (Phi) is 5.45. The summed E-state index contributed by atoms with van der Waals surface area (Å²) in [6, 6.07) is 19.1. The minimum absolute atomic E-state index is 0.000938. The molecule has 0 aliphatic carbocycles. The van der Waals surface area contributed by atoms with Gasteiger partial charge in [-0.1, -0.05) is 72.4 Å². The number of aromatic nitrogens is 2. The molecule has 0 unspecified atom stereocenters. The van der Waals surface area contributed by atoms with Crippen LogP contribution in [0.15, 0.2) is 75.5 Å². The van der Waals surface area contributed by atoms with Crippen LogP contribution >= 0.6 is 23.5 Å². The van der Waals surface area contributed by atoms with Crippen molar-refractivity contribution in [3.8, 4) is 0 Å². The molecule has 0 saturated heterocycles. The first-order valence-electron chi connectivity index (χ1n) is 8.74. The van der Waals surface area contributed by atoms with E-state index in [0.29, 0.717) is 17.3 Å². The van der Waals surface area contributed by atoms with Crippen LogP contribution in [0.1, 0.15) is 21.6 Å². The zero-order valence-electron chi connectivity index (χ0n) is 14.6. The standard InChI is InChI=1S/C21H18N2O2S2/c24-18(16-9-5-2-6-10-16)14-27-21-22-17-11-12-26-19(17)20(25)23(21)13-15-7-3-1-4-8-15/h1-10H,11-14H2. The molecule has 0 spiro atoms. The summed E-state index contributed by atoms with van der Waals surface area (Å²) in [4.78, 5) is 31.0. The van der Waals surface area contributed by atoms with Crippen molar-refractivity contribution < 1.29 is 4.79 Å². The number of carbonyl (C=O) groups excluding carboxylic acids is 1. The Hall–Kier alpha value is -2.31. The Morgan fingerprint density at radius 2 is 1.78 bits per heavy atom. The highest BCUT2D eigenvalue weighted by Gasteiger charge is 2.22. The quantitative estimate of drug-likeness (QED) is 0.360. The van der Waals surface area contributed by atoms with Gasteiger partial charge in [-0.25, -0.2) is 4.98 Å². The number of hydrogen-bond acceptors (Lipinski definition) is 5. The molecule has 0 N–H and O–H groups in total. The lowest BCUT2D eigenvalue weighted by atomic mass is 10.2. The summed E-state index contributed by atoms with van der Waals surface area (Å²) >= 11 is 2.92.